The number of carbonyl (C=O) groups is 6. The molecule has 6 aromatic rings. The molecule has 3 saturated heterocycles. The first-order valence-electron chi connectivity index (χ1n) is 40.9. The van der Waals surface area contributed by atoms with Crippen LogP contribution in [0.1, 0.15) is 220 Å². The SMILES string of the molecule is CCCCCCN(C(=O)Nc1ccc(F)cc1)C1CCN([C@H](C)CCNC(=O)c2c(C)cc(Cl)nc2C)CC1.Cc1cc(Cl)nc(C)c1C(=O)NCC[C@@H](C)N1CCC(N(CC2CCCC2)C(=O)Nc2ccc(F)cc2)CC1.Cc1cc(Cl)nc(C)c1C(=O)NCC[C@@H](C)N1CCC(N(Cc2ccsc2)C(=O)NC2CC2)CC1. The fourth-order valence-corrected chi connectivity index (χ4v) is 17.7. The number of nitrogens with one attached hydrogen (secondary N) is 6. The summed E-state index contributed by atoms with van der Waals surface area (Å²) in [4.78, 5) is 104. The van der Waals surface area contributed by atoms with Gasteiger partial charge in [-0.1, -0.05) is 73.8 Å². The summed E-state index contributed by atoms with van der Waals surface area (Å²) in [7, 11) is 0. The second-order valence-electron chi connectivity index (χ2n) is 31.6. The molecular weight excluding hydrogens is 1520 g/mol. The van der Waals surface area contributed by atoms with Gasteiger partial charge in [0.05, 0.1) is 33.8 Å². The van der Waals surface area contributed by atoms with Gasteiger partial charge in [-0.15, -0.1) is 0 Å². The first kappa shape index (κ1) is 89.4. The van der Waals surface area contributed by atoms with Gasteiger partial charge < -0.3 is 61.3 Å². The Labute approximate surface area is 687 Å². The largest absolute Gasteiger partial charge is 0.352 e. The number of anilines is 2. The van der Waals surface area contributed by atoms with Gasteiger partial charge in [0, 0.05) is 132 Å². The highest BCUT2D eigenvalue weighted by Gasteiger charge is 2.36. The van der Waals surface area contributed by atoms with Gasteiger partial charge in [-0.2, -0.15) is 11.3 Å². The summed E-state index contributed by atoms with van der Waals surface area (Å²) < 4.78 is 26.6. The van der Waals surface area contributed by atoms with Crippen LogP contribution in [0.5, 0.6) is 0 Å². The number of likely N-dealkylation sites (tertiary alicyclic amines) is 3. The van der Waals surface area contributed by atoms with Crippen molar-refractivity contribution in [3.8, 4) is 0 Å². The number of nitrogens with zero attached hydrogens (tertiary/aromatic N) is 9. The maximum Gasteiger partial charge on any atom is 0.322 e. The molecule has 5 aliphatic rings. The molecule has 0 spiro atoms. The van der Waals surface area contributed by atoms with Gasteiger partial charge in [0.2, 0.25) is 0 Å². The number of hydrogen-bond acceptors (Lipinski definition) is 13. The second-order valence-corrected chi connectivity index (χ2v) is 33.5. The van der Waals surface area contributed by atoms with Crippen LogP contribution in [0.4, 0.5) is 34.5 Å². The number of hydrogen-bond donors (Lipinski definition) is 6. The topological polar surface area (TPSA) is 233 Å². The molecule has 2 aromatic carbocycles. The maximum atomic E-state index is 13.3. The first-order valence-corrected chi connectivity index (χ1v) is 43.0. The van der Waals surface area contributed by atoms with Crippen LogP contribution in [-0.4, -0.2) is 194 Å². The quantitative estimate of drug-likeness (QED) is 0.0183. The predicted octanol–water partition coefficient (Wildman–Crippen LogP) is 17.5. The third kappa shape index (κ3) is 27.5. The van der Waals surface area contributed by atoms with Crippen molar-refractivity contribution in [1.82, 2.24) is 65.6 Å². The van der Waals surface area contributed by atoms with Gasteiger partial charge in [-0.25, -0.2) is 38.1 Å². The van der Waals surface area contributed by atoms with Crippen LogP contribution in [0.25, 0.3) is 0 Å². The molecule has 9 amide bonds. The van der Waals surface area contributed by atoms with Gasteiger partial charge >= 0.3 is 18.1 Å². The summed E-state index contributed by atoms with van der Waals surface area (Å²) >= 11 is 19.7. The van der Waals surface area contributed by atoms with E-state index in [1.165, 1.54) is 55.5 Å². The third-order valence-corrected chi connectivity index (χ3v) is 24.3. The van der Waals surface area contributed by atoms with E-state index in [-0.39, 0.29) is 65.6 Å². The number of aryl methyl sites for hydroxylation is 6. The molecule has 21 nitrogen and oxygen atoms in total. The van der Waals surface area contributed by atoms with E-state index >= 15 is 0 Å². The Kier molecular flexibility index (Phi) is 35.2. The maximum absolute atomic E-state index is 13.3. The summed E-state index contributed by atoms with van der Waals surface area (Å²) in [5, 5.41) is 23.7. The van der Waals surface area contributed by atoms with E-state index < -0.39 is 0 Å². The van der Waals surface area contributed by atoms with Gasteiger partial charge in [0.1, 0.15) is 27.1 Å². The number of benzene rings is 2. The summed E-state index contributed by atoms with van der Waals surface area (Å²) in [6.45, 7) is 29.3. The number of aromatic nitrogens is 3. The standard InChI is InChI=1S/C30H41ClFN5O2.C30H43ClFN5O2.C26H36ClN5O2S/c1-20-18-27(31)34-22(3)28(20)29(38)33-15-12-21(2)36-16-13-26(14-17-36)37(19-23-6-4-5-7-23)30(39)35-25-10-8-24(32)9-11-25;1-5-6-7-8-17-37(30(39)35-25-11-9-24(32)10-12-25)26-14-18-36(19-15-26)22(3)13-16-33-29(38)28-21(2)20-27(31)34-23(28)4;1-17-14-23(27)29-19(3)24(17)25(33)28-10-6-18(2)31-11-7-22(8-12-31)32(15-20-9-13-35-16-20)26(34)30-21-4-5-21/h8-11,18,21,23,26H,4-7,12-17,19H2,1-3H3,(H,33,38)(H,35,39);9-12,20,22,26H,5-8,13-19H2,1-4H3,(H,33,38)(H,35,39);9,13-14,16,18,21-22H,4-8,10-12,15H2,1-3H3,(H,28,33)(H,30,34)/t21-;22-;18-/m111/s1. The molecule has 3 aliphatic heterocycles. The Bertz CT molecular complexity index is 3990. The molecule has 113 heavy (non-hydrogen) atoms. The number of piperidine rings is 3. The van der Waals surface area contributed by atoms with Gasteiger partial charge in [0.25, 0.3) is 17.7 Å². The van der Waals surface area contributed by atoms with E-state index in [0.29, 0.717) is 117 Å². The Balaban J connectivity index is 0.000000195. The molecular formula is C86H120Cl3F2N15O6S. The van der Waals surface area contributed by atoms with Crippen LogP contribution in [0.2, 0.25) is 15.5 Å². The Morgan fingerprint density at radius 3 is 1.24 bits per heavy atom. The lowest BCUT2D eigenvalue weighted by Gasteiger charge is -2.41. The van der Waals surface area contributed by atoms with Crippen molar-refractivity contribution in [3.05, 3.63) is 167 Å². The molecule has 616 valence electrons. The number of carbonyl (C=O) groups excluding carboxylic acids is 6. The minimum atomic E-state index is -0.322. The van der Waals surface area contributed by atoms with E-state index in [9.17, 15) is 37.5 Å². The number of rotatable bonds is 30. The lowest BCUT2D eigenvalue weighted by atomic mass is 9.99. The third-order valence-electron chi connectivity index (χ3n) is 23.0. The minimum absolute atomic E-state index is 0.0789. The Morgan fingerprint density at radius 2 is 0.876 bits per heavy atom. The van der Waals surface area contributed by atoms with Gasteiger partial charge in [-0.05, 0) is 264 Å². The molecule has 4 aromatic heterocycles. The molecule has 0 unspecified atom stereocenters. The fourth-order valence-electron chi connectivity index (χ4n) is 16.2. The molecule has 3 atom stereocenters. The number of unbranched alkanes of at least 4 members (excludes halogenated alkanes) is 3. The lowest BCUT2D eigenvalue weighted by Crippen LogP contribution is -2.52. The number of thiophene rings is 1. The fraction of sp³-hybridized carbons (Fsp3) is 0.570. The van der Waals surface area contributed by atoms with Crippen molar-refractivity contribution in [3.63, 3.8) is 0 Å². The summed E-state index contributed by atoms with van der Waals surface area (Å²) in [5.74, 6) is -0.420. The zero-order valence-corrected chi connectivity index (χ0v) is 71.0. The van der Waals surface area contributed by atoms with Crippen LogP contribution in [0, 0.1) is 59.1 Å². The summed E-state index contributed by atoms with van der Waals surface area (Å²) in [6.07, 6.45) is 19.5. The normalized spacial score (nSPS) is 16.8. The Hall–Kier alpha value is -7.58. The molecule has 11 rings (SSSR count). The molecule has 6 N–H and O–H groups in total. The van der Waals surface area contributed by atoms with Gasteiger partial charge in [0.15, 0.2) is 0 Å². The monoisotopic (exact) mass is 1630 g/mol. The predicted molar refractivity (Wildman–Crippen MR) is 451 cm³/mol. The lowest BCUT2D eigenvalue weighted by molar-refractivity contribution is 0.0894. The molecule has 0 radical (unpaired) electrons. The second kappa shape index (κ2) is 44.5. The van der Waals surface area contributed by atoms with Crippen molar-refractivity contribution >= 4 is 93.3 Å². The van der Waals surface area contributed by atoms with E-state index in [1.807, 2.05) is 42.4 Å². The van der Waals surface area contributed by atoms with Crippen LogP contribution in [0.15, 0.2) is 83.6 Å². The number of pyridine rings is 3. The van der Waals surface area contributed by atoms with Crippen molar-refractivity contribution in [2.24, 2.45) is 5.92 Å². The molecule has 7 heterocycles. The molecule has 5 fully saturated rings. The van der Waals surface area contributed by atoms with Crippen molar-refractivity contribution in [2.45, 2.75) is 240 Å². The van der Waals surface area contributed by atoms with Crippen molar-refractivity contribution in [2.75, 3.05) is 82.6 Å². The van der Waals surface area contributed by atoms with Crippen molar-refractivity contribution in [1.29, 1.82) is 0 Å². The zero-order chi connectivity index (χ0) is 81.3. The smallest absolute Gasteiger partial charge is 0.322 e. The highest BCUT2D eigenvalue weighted by Crippen LogP contribution is 2.31. The number of halogens is 5. The Morgan fingerprint density at radius 1 is 0.496 bits per heavy atom. The first-order chi connectivity index (χ1) is 54.2. The van der Waals surface area contributed by atoms with Crippen LogP contribution < -0.4 is 31.9 Å². The van der Waals surface area contributed by atoms with E-state index in [0.717, 1.165) is 165 Å². The minimum Gasteiger partial charge on any atom is -0.352 e. The molecule has 27 heteroatoms. The number of urea groups is 3. The van der Waals surface area contributed by atoms with Crippen LogP contribution >= 0.6 is 46.1 Å². The average molecular weight is 1640 g/mol. The van der Waals surface area contributed by atoms with Crippen LogP contribution in [-0.2, 0) is 6.54 Å². The van der Waals surface area contributed by atoms with E-state index in [2.05, 4.69) is 106 Å². The van der Waals surface area contributed by atoms with E-state index in [4.69, 9.17) is 34.8 Å². The molecule has 2 saturated carbocycles. The average Bonchev–Trinajstić information content (AvgIpc) is 1.82. The van der Waals surface area contributed by atoms with Gasteiger partial charge in [-0.3, -0.25) is 14.4 Å². The van der Waals surface area contributed by atoms with Crippen molar-refractivity contribution < 1.29 is 37.5 Å². The number of amides is 9. The van der Waals surface area contributed by atoms with Crippen LogP contribution in [0.3, 0.4) is 0 Å². The molecule has 2 aliphatic carbocycles. The zero-order valence-electron chi connectivity index (χ0n) is 67.9. The molecule has 0 bridgehead atoms. The van der Waals surface area contributed by atoms with E-state index in [1.54, 1.807) is 67.6 Å². The highest BCUT2D eigenvalue weighted by atomic mass is 35.5. The summed E-state index contributed by atoms with van der Waals surface area (Å²) in [5.41, 5.74) is 8.63. The summed E-state index contributed by atoms with van der Waals surface area (Å²) in [6, 6.07) is 20.9. The highest BCUT2D eigenvalue weighted by molar-refractivity contribution is 7.08.